The van der Waals surface area contributed by atoms with Crippen LogP contribution in [0.4, 0.5) is 8.78 Å². The lowest BCUT2D eigenvalue weighted by molar-refractivity contribution is 0.0473. The van der Waals surface area contributed by atoms with E-state index in [0.29, 0.717) is 6.61 Å². The number of hydrogen-bond donors (Lipinski definition) is 0. The number of halogens is 2. The van der Waals surface area contributed by atoms with E-state index in [2.05, 4.69) is 6.58 Å². The van der Waals surface area contributed by atoms with Crippen molar-refractivity contribution in [1.29, 1.82) is 0 Å². The average molecular weight is 226 g/mol. The molecule has 0 aliphatic heterocycles. The highest BCUT2D eigenvalue weighted by atomic mass is 19.3. The quantitative estimate of drug-likeness (QED) is 0.670. The van der Waals surface area contributed by atoms with Crippen LogP contribution >= 0.6 is 0 Å². The van der Waals surface area contributed by atoms with E-state index in [1.807, 2.05) is 30.3 Å². The van der Waals surface area contributed by atoms with Crippen LogP contribution in [0.5, 0.6) is 0 Å². The molecular formula is C13H16F2O. The zero-order valence-corrected chi connectivity index (χ0v) is 9.33. The van der Waals surface area contributed by atoms with E-state index in [0.717, 1.165) is 5.56 Å². The summed E-state index contributed by atoms with van der Waals surface area (Å²) in [6.07, 6.45) is -2.49. The zero-order chi connectivity index (χ0) is 12.0. The number of hydrogen-bond acceptors (Lipinski definition) is 1. The van der Waals surface area contributed by atoms with Crippen LogP contribution in [0, 0.1) is 0 Å². The molecule has 16 heavy (non-hydrogen) atoms. The molecule has 0 N–H and O–H groups in total. The first-order valence-electron chi connectivity index (χ1n) is 5.21. The molecule has 1 atom stereocenters. The molecule has 1 aromatic rings. The maximum Gasteiger partial charge on any atom is 0.259 e. The van der Waals surface area contributed by atoms with Gasteiger partial charge in [0.2, 0.25) is 0 Å². The van der Waals surface area contributed by atoms with E-state index in [4.69, 9.17) is 4.74 Å². The second-order valence-electron chi connectivity index (χ2n) is 3.77. The summed E-state index contributed by atoms with van der Waals surface area (Å²) in [5.74, 6) is 0. The fourth-order valence-electron chi connectivity index (χ4n) is 1.33. The van der Waals surface area contributed by atoms with Gasteiger partial charge in [-0.1, -0.05) is 36.9 Å². The van der Waals surface area contributed by atoms with Gasteiger partial charge in [-0.2, -0.15) is 0 Å². The molecule has 3 heteroatoms. The first kappa shape index (κ1) is 12.8. The lowest BCUT2D eigenvalue weighted by Gasteiger charge is -2.14. The Morgan fingerprint density at radius 1 is 1.31 bits per heavy atom. The minimum absolute atomic E-state index is 0.0689. The topological polar surface area (TPSA) is 9.23 Å². The maximum absolute atomic E-state index is 12.2. The molecule has 0 saturated carbocycles. The fraction of sp³-hybridized carbons (Fsp3) is 0.385. The van der Waals surface area contributed by atoms with Crippen molar-refractivity contribution in [3.8, 4) is 0 Å². The van der Waals surface area contributed by atoms with Crippen molar-refractivity contribution in [2.75, 3.05) is 0 Å². The molecular weight excluding hydrogens is 210 g/mol. The third-order valence-corrected chi connectivity index (χ3v) is 2.24. The van der Waals surface area contributed by atoms with Crippen LogP contribution in [-0.2, 0) is 11.3 Å². The Balaban J connectivity index is 2.30. The van der Waals surface area contributed by atoms with Crippen molar-refractivity contribution in [3.63, 3.8) is 0 Å². The lowest BCUT2D eigenvalue weighted by Crippen LogP contribution is -2.11. The molecule has 0 spiro atoms. The van der Waals surface area contributed by atoms with Gasteiger partial charge in [-0.25, -0.2) is 8.78 Å². The van der Waals surface area contributed by atoms with E-state index in [1.54, 1.807) is 6.92 Å². The summed E-state index contributed by atoms with van der Waals surface area (Å²) in [7, 11) is 0. The summed E-state index contributed by atoms with van der Waals surface area (Å²) in [5, 5.41) is 0. The Hall–Kier alpha value is -1.22. The summed E-state index contributed by atoms with van der Waals surface area (Å²) in [6, 6.07) is 9.64. The van der Waals surface area contributed by atoms with E-state index >= 15 is 0 Å². The van der Waals surface area contributed by atoms with Crippen LogP contribution in [0.2, 0.25) is 0 Å². The summed E-state index contributed by atoms with van der Waals surface area (Å²) in [5.41, 5.74) is 0.970. The van der Waals surface area contributed by atoms with Gasteiger partial charge in [-0.3, -0.25) is 0 Å². The number of rotatable bonds is 6. The SMILES string of the molecule is C=C(CC(C)OCc1ccccc1)C(F)F. The Labute approximate surface area is 94.7 Å². The average Bonchev–Trinajstić information content (AvgIpc) is 2.27. The van der Waals surface area contributed by atoms with E-state index in [1.165, 1.54) is 0 Å². The monoisotopic (exact) mass is 226 g/mol. The summed E-state index contributed by atoms with van der Waals surface area (Å²) < 4.78 is 29.8. The highest BCUT2D eigenvalue weighted by Crippen LogP contribution is 2.15. The maximum atomic E-state index is 12.2. The molecule has 0 aromatic heterocycles. The first-order chi connectivity index (χ1) is 7.59. The van der Waals surface area contributed by atoms with Crippen molar-refractivity contribution >= 4 is 0 Å². The van der Waals surface area contributed by atoms with Crippen molar-refractivity contribution in [3.05, 3.63) is 48.0 Å². The highest BCUT2D eigenvalue weighted by molar-refractivity contribution is 5.13. The summed E-state index contributed by atoms with van der Waals surface area (Å²) in [6.45, 7) is 5.54. The number of ether oxygens (including phenoxy) is 1. The van der Waals surface area contributed by atoms with Crippen LogP contribution in [0.25, 0.3) is 0 Å². The predicted octanol–water partition coefficient (Wildman–Crippen LogP) is 3.80. The second kappa shape index (κ2) is 6.38. The second-order valence-corrected chi connectivity index (χ2v) is 3.77. The molecule has 0 heterocycles. The Morgan fingerprint density at radius 3 is 2.50 bits per heavy atom. The van der Waals surface area contributed by atoms with E-state index < -0.39 is 6.43 Å². The largest absolute Gasteiger partial charge is 0.373 e. The number of benzene rings is 1. The van der Waals surface area contributed by atoms with Gasteiger partial charge in [0, 0.05) is 0 Å². The molecule has 1 rings (SSSR count). The van der Waals surface area contributed by atoms with Crippen molar-refractivity contribution in [2.24, 2.45) is 0 Å². The Bertz CT molecular complexity index is 322. The molecule has 0 aliphatic carbocycles. The highest BCUT2D eigenvalue weighted by Gasteiger charge is 2.12. The van der Waals surface area contributed by atoms with Crippen LogP contribution in [0.1, 0.15) is 18.9 Å². The van der Waals surface area contributed by atoms with Crippen molar-refractivity contribution in [2.45, 2.75) is 32.5 Å². The van der Waals surface area contributed by atoms with Crippen molar-refractivity contribution in [1.82, 2.24) is 0 Å². The van der Waals surface area contributed by atoms with Gasteiger partial charge in [0.05, 0.1) is 12.7 Å². The third kappa shape index (κ3) is 4.53. The summed E-state index contributed by atoms with van der Waals surface area (Å²) >= 11 is 0. The normalized spacial score (nSPS) is 12.8. The van der Waals surface area contributed by atoms with Gasteiger partial charge in [-0.05, 0) is 24.5 Å². The molecule has 0 amide bonds. The molecule has 0 fully saturated rings. The minimum Gasteiger partial charge on any atom is -0.373 e. The smallest absolute Gasteiger partial charge is 0.259 e. The third-order valence-electron chi connectivity index (χ3n) is 2.24. The lowest BCUT2D eigenvalue weighted by atomic mass is 10.1. The van der Waals surface area contributed by atoms with Crippen molar-refractivity contribution < 1.29 is 13.5 Å². The fourth-order valence-corrected chi connectivity index (χ4v) is 1.33. The first-order valence-corrected chi connectivity index (χ1v) is 5.21. The Morgan fingerprint density at radius 2 is 1.94 bits per heavy atom. The molecule has 0 aliphatic rings. The van der Waals surface area contributed by atoms with Gasteiger partial charge < -0.3 is 4.74 Å². The van der Waals surface area contributed by atoms with Gasteiger partial charge in [0.15, 0.2) is 0 Å². The zero-order valence-electron chi connectivity index (χ0n) is 9.33. The van der Waals surface area contributed by atoms with Gasteiger partial charge in [0.25, 0.3) is 6.43 Å². The van der Waals surface area contributed by atoms with Gasteiger partial charge in [-0.15, -0.1) is 0 Å². The molecule has 0 bridgehead atoms. The van der Waals surface area contributed by atoms with E-state index in [9.17, 15) is 8.78 Å². The molecule has 1 nitrogen and oxygen atoms in total. The molecule has 1 unspecified atom stereocenters. The standard InChI is InChI=1S/C13H16F2O/c1-10(13(14)15)8-11(2)16-9-12-6-4-3-5-7-12/h3-7,11,13H,1,8-9H2,2H3. The van der Waals surface area contributed by atoms with Crippen LogP contribution in [-0.4, -0.2) is 12.5 Å². The van der Waals surface area contributed by atoms with Gasteiger partial charge >= 0.3 is 0 Å². The molecule has 1 aromatic carbocycles. The van der Waals surface area contributed by atoms with Crippen LogP contribution < -0.4 is 0 Å². The Kier molecular flexibility index (Phi) is 5.12. The molecule has 0 radical (unpaired) electrons. The van der Waals surface area contributed by atoms with Crippen LogP contribution in [0.3, 0.4) is 0 Å². The predicted molar refractivity (Wildman–Crippen MR) is 60.5 cm³/mol. The molecule has 0 saturated heterocycles. The van der Waals surface area contributed by atoms with E-state index in [-0.39, 0.29) is 18.1 Å². The number of alkyl halides is 2. The van der Waals surface area contributed by atoms with Crippen LogP contribution in [0.15, 0.2) is 42.5 Å². The van der Waals surface area contributed by atoms with Gasteiger partial charge in [0.1, 0.15) is 0 Å². The molecule has 88 valence electrons. The minimum atomic E-state index is -2.46. The summed E-state index contributed by atoms with van der Waals surface area (Å²) in [4.78, 5) is 0.